The molecule has 33 heavy (non-hydrogen) atoms. The van der Waals surface area contributed by atoms with Gasteiger partial charge in [-0.2, -0.15) is 13.2 Å². The number of rotatable bonds is 9. The molecule has 2 aromatic rings. The van der Waals surface area contributed by atoms with Crippen LogP contribution in [0.3, 0.4) is 0 Å². The topological polar surface area (TPSA) is 128 Å². The van der Waals surface area contributed by atoms with Gasteiger partial charge in [-0.05, 0) is 30.3 Å². The summed E-state index contributed by atoms with van der Waals surface area (Å²) in [6.07, 6.45) is -5.20. The van der Waals surface area contributed by atoms with Crippen LogP contribution in [-0.2, 0) is 35.3 Å². The third-order valence-corrected chi connectivity index (χ3v) is 5.52. The van der Waals surface area contributed by atoms with E-state index in [-0.39, 0.29) is 11.3 Å². The molecular formula is C20H19F3N2O7S. The van der Waals surface area contributed by atoms with Gasteiger partial charge in [0.05, 0.1) is 35.2 Å². The summed E-state index contributed by atoms with van der Waals surface area (Å²) in [6.45, 7) is -1.18. The molecule has 9 nitrogen and oxygen atoms in total. The second kappa shape index (κ2) is 10.9. The minimum Gasteiger partial charge on any atom is -0.465 e. The molecule has 1 amide bonds. The van der Waals surface area contributed by atoms with Crippen LogP contribution in [0.15, 0.2) is 53.4 Å². The van der Waals surface area contributed by atoms with Crippen LogP contribution in [0, 0.1) is 0 Å². The maximum absolute atomic E-state index is 12.7. The summed E-state index contributed by atoms with van der Waals surface area (Å²) < 4.78 is 73.9. The zero-order chi connectivity index (χ0) is 24.6. The molecule has 0 heterocycles. The molecule has 2 N–H and O–H groups in total. The van der Waals surface area contributed by atoms with E-state index < -0.39 is 64.1 Å². The van der Waals surface area contributed by atoms with Gasteiger partial charge >= 0.3 is 18.1 Å². The standard InChI is InChI=1S/C20H19F3N2O7S/c1-31-19(28)15-7-2-3-8-16(15)25-17(26)12-32-18(27)9-10-24-33(29,30)14-6-4-5-13(11-14)20(21,22)23/h2-8,11,24H,9-10,12H2,1H3,(H,25,26). The van der Waals surface area contributed by atoms with Crippen molar-refractivity contribution in [1.29, 1.82) is 0 Å². The molecule has 0 aromatic heterocycles. The molecule has 0 spiro atoms. The predicted molar refractivity (Wildman–Crippen MR) is 109 cm³/mol. The van der Waals surface area contributed by atoms with E-state index in [0.29, 0.717) is 6.07 Å². The third-order valence-electron chi connectivity index (χ3n) is 4.06. The highest BCUT2D eigenvalue weighted by Gasteiger charge is 2.31. The lowest BCUT2D eigenvalue weighted by Gasteiger charge is -2.11. The van der Waals surface area contributed by atoms with Crippen molar-refractivity contribution >= 4 is 33.6 Å². The second-order valence-electron chi connectivity index (χ2n) is 6.42. The summed E-state index contributed by atoms with van der Waals surface area (Å²) in [4.78, 5) is 34.8. The number of methoxy groups -OCH3 is 1. The van der Waals surface area contributed by atoms with Gasteiger partial charge in [0, 0.05) is 6.54 Å². The molecule has 2 aromatic carbocycles. The highest BCUT2D eigenvalue weighted by molar-refractivity contribution is 7.89. The van der Waals surface area contributed by atoms with E-state index in [2.05, 4.69) is 10.1 Å². The fourth-order valence-corrected chi connectivity index (χ4v) is 3.57. The Morgan fingerprint density at radius 3 is 2.39 bits per heavy atom. The lowest BCUT2D eigenvalue weighted by Crippen LogP contribution is -2.28. The monoisotopic (exact) mass is 488 g/mol. The Morgan fingerprint density at radius 2 is 1.73 bits per heavy atom. The molecule has 2 rings (SSSR count). The van der Waals surface area contributed by atoms with Crippen LogP contribution in [0.1, 0.15) is 22.3 Å². The normalized spacial score (nSPS) is 11.5. The lowest BCUT2D eigenvalue weighted by atomic mass is 10.2. The van der Waals surface area contributed by atoms with Crippen molar-refractivity contribution < 1.29 is 45.4 Å². The minimum absolute atomic E-state index is 0.0867. The first-order valence-corrected chi connectivity index (χ1v) is 10.7. The molecule has 0 radical (unpaired) electrons. The number of hydrogen-bond acceptors (Lipinski definition) is 7. The van der Waals surface area contributed by atoms with Gasteiger partial charge in [-0.15, -0.1) is 0 Å². The first-order chi connectivity index (χ1) is 15.4. The van der Waals surface area contributed by atoms with Crippen LogP contribution >= 0.6 is 0 Å². The van der Waals surface area contributed by atoms with Gasteiger partial charge in [0.15, 0.2) is 6.61 Å². The molecule has 0 aliphatic heterocycles. The largest absolute Gasteiger partial charge is 0.465 e. The van der Waals surface area contributed by atoms with Crippen molar-refractivity contribution in [2.75, 3.05) is 25.6 Å². The number of para-hydroxylation sites is 1. The number of nitrogens with one attached hydrogen (secondary N) is 2. The Labute approximate surface area is 186 Å². The van der Waals surface area contributed by atoms with E-state index in [4.69, 9.17) is 4.74 Å². The summed E-state index contributed by atoms with van der Waals surface area (Å²) in [5.74, 6) is -2.38. The van der Waals surface area contributed by atoms with Crippen molar-refractivity contribution in [1.82, 2.24) is 4.72 Å². The molecule has 178 valence electrons. The lowest BCUT2D eigenvalue weighted by molar-refractivity contribution is -0.147. The zero-order valence-corrected chi connectivity index (χ0v) is 18.0. The summed E-state index contributed by atoms with van der Waals surface area (Å²) in [5.41, 5.74) is -0.910. The average molecular weight is 488 g/mol. The Hall–Kier alpha value is -3.45. The van der Waals surface area contributed by atoms with Crippen molar-refractivity contribution in [2.45, 2.75) is 17.5 Å². The number of anilines is 1. The van der Waals surface area contributed by atoms with Crippen LogP contribution in [0.4, 0.5) is 18.9 Å². The molecule has 0 atom stereocenters. The molecule has 13 heteroatoms. The zero-order valence-electron chi connectivity index (χ0n) is 17.1. The van der Waals surface area contributed by atoms with E-state index in [0.717, 1.165) is 18.2 Å². The Balaban J connectivity index is 1.84. The van der Waals surface area contributed by atoms with Crippen LogP contribution < -0.4 is 10.0 Å². The number of carbonyl (C=O) groups excluding carboxylic acids is 3. The predicted octanol–water partition coefficient (Wildman–Crippen LogP) is 2.34. The first kappa shape index (κ1) is 25.8. The van der Waals surface area contributed by atoms with Crippen LogP contribution in [0.2, 0.25) is 0 Å². The van der Waals surface area contributed by atoms with Gasteiger partial charge in [0.2, 0.25) is 10.0 Å². The number of hydrogen-bond donors (Lipinski definition) is 2. The number of alkyl halides is 3. The van der Waals surface area contributed by atoms with Crippen molar-refractivity contribution in [2.24, 2.45) is 0 Å². The fourth-order valence-electron chi connectivity index (χ4n) is 2.49. The van der Waals surface area contributed by atoms with E-state index in [9.17, 15) is 36.0 Å². The molecule has 0 unspecified atom stereocenters. The molecule has 0 bridgehead atoms. The summed E-state index contributed by atoms with van der Waals surface area (Å²) in [6, 6.07) is 9.10. The molecular weight excluding hydrogens is 469 g/mol. The number of amides is 1. The van der Waals surface area contributed by atoms with E-state index in [1.54, 1.807) is 12.1 Å². The molecule has 0 aliphatic carbocycles. The first-order valence-electron chi connectivity index (χ1n) is 9.24. The van der Waals surface area contributed by atoms with Crippen LogP contribution in [-0.4, -0.2) is 46.5 Å². The molecule has 0 saturated heterocycles. The van der Waals surface area contributed by atoms with E-state index >= 15 is 0 Å². The Kier molecular flexibility index (Phi) is 8.54. The second-order valence-corrected chi connectivity index (χ2v) is 8.19. The number of esters is 2. The maximum Gasteiger partial charge on any atom is 0.416 e. The third kappa shape index (κ3) is 7.57. The van der Waals surface area contributed by atoms with Crippen LogP contribution in [0.25, 0.3) is 0 Å². The SMILES string of the molecule is COC(=O)c1ccccc1NC(=O)COC(=O)CCNS(=O)(=O)c1cccc(C(F)(F)F)c1. The van der Waals surface area contributed by atoms with Gasteiger partial charge < -0.3 is 14.8 Å². The van der Waals surface area contributed by atoms with Crippen molar-refractivity contribution in [3.63, 3.8) is 0 Å². The van der Waals surface area contributed by atoms with Gasteiger partial charge in [0.1, 0.15) is 0 Å². The Bertz CT molecular complexity index is 1130. The number of carbonyl (C=O) groups is 3. The quantitative estimate of drug-likeness (QED) is 0.519. The van der Waals surface area contributed by atoms with Gasteiger partial charge in [-0.25, -0.2) is 17.9 Å². The average Bonchev–Trinajstić information content (AvgIpc) is 2.77. The molecule has 0 aliphatic rings. The number of ether oxygens (including phenoxy) is 2. The van der Waals surface area contributed by atoms with E-state index in [1.165, 1.54) is 19.2 Å². The molecule has 0 fully saturated rings. The van der Waals surface area contributed by atoms with Crippen molar-refractivity contribution in [3.8, 4) is 0 Å². The highest BCUT2D eigenvalue weighted by Crippen LogP contribution is 2.30. The summed E-state index contributed by atoms with van der Waals surface area (Å²) in [5, 5.41) is 2.38. The van der Waals surface area contributed by atoms with Gasteiger partial charge in [-0.3, -0.25) is 9.59 Å². The highest BCUT2D eigenvalue weighted by atomic mass is 32.2. The maximum atomic E-state index is 12.7. The molecule has 0 saturated carbocycles. The van der Waals surface area contributed by atoms with Gasteiger partial charge in [-0.1, -0.05) is 18.2 Å². The fraction of sp³-hybridized carbons (Fsp3) is 0.250. The minimum atomic E-state index is -4.72. The van der Waals surface area contributed by atoms with Crippen molar-refractivity contribution in [3.05, 3.63) is 59.7 Å². The number of sulfonamides is 1. The number of halogens is 3. The Morgan fingerprint density at radius 1 is 1.03 bits per heavy atom. The summed E-state index contributed by atoms with van der Waals surface area (Å²) >= 11 is 0. The van der Waals surface area contributed by atoms with Gasteiger partial charge in [0.25, 0.3) is 5.91 Å². The van der Waals surface area contributed by atoms with E-state index in [1.807, 2.05) is 4.72 Å². The smallest absolute Gasteiger partial charge is 0.416 e. The van der Waals surface area contributed by atoms with Crippen LogP contribution in [0.5, 0.6) is 0 Å². The number of benzene rings is 2. The summed E-state index contributed by atoms with van der Waals surface area (Å²) in [7, 11) is -3.14.